The van der Waals surface area contributed by atoms with Crippen LogP contribution in [-0.2, 0) is 4.79 Å². The third-order valence-electron chi connectivity index (χ3n) is 2.00. The predicted octanol–water partition coefficient (Wildman–Crippen LogP) is 0.697. The largest absolute Gasteiger partial charge is 0.497 e. The molecule has 0 saturated heterocycles. The van der Waals surface area contributed by atoms with Crippen molar-refractivity contribution in [2.45, 2.75) is 0 Å². The number of anilines is 1. The van der Waals surface area contributed by atoms with Crippen molar-refractivity contribution in [1.29, 1.82) is 5.26 Å². The molecule has 1 rings (SSSR count). The van der Waals surface area contributed by atoms with Gasteiger partial charge in [-0.25, -0.2) is 4.79 Å². The Kier molecular flexibility index (Phi) is 4.86. The van der Waals surface area contributed by atoms with Gasteiger partial charge in [0.25, 0.3) is 5.91 Å². The van der Waals surface area contributed by atoms with Crippen molar-refractivity contribution in [2.75, 3.05) is 12.4 Å². The number of nitrogens with one attached hydrogen (secondary N) is 2. The van der Waals surface area contributed by atoms with E-state index >= 15 is 0 Å². The molecule has 3 amide bonds. The number of nitrogens with zero attached hydrogens (tertiary/aromatic N) is 2. The number of hydrogen-bond acceptors (Lipinski definition) is 6. The maximum absolute atomic E-state index is 11.4. The lowest BCUT2D eigenvalue weighted by atomic mass is 10.3. The second-order valence-corrected chi connectivity index (χ2v) is 3.20. The molecule has 3 N–H and O–H groups in total. The topological polar surface area (TPSA) is 124 Å². The fraction of sp³-hybridized carbons (Fsp3) is 0.0909. The van der Waals surface area contributed by atoms with Crippen LogP contribution in [0.3, 0.4) is 0 Å². The average Bonchev–Trinajstić information content (AvgIpc) is 2.40. The molecule has 0 aliphatic rings. The minimum absolute atomic E-state index is 0.422. The molecule has 0 saturated carbocycles. The summed E-state index contributed by atoms with van der Waals surface area (Å²) in [5, 5.41) is 23.3. The summed E-state index contributed by atoms with van der Waals surface area (Å²) in [6.45, 7) is 0. The Morgan fingerprint density at radius 3 is 2.47 bits per heavy atom. The third-order valence-corrected chi connectivity index (χ3v) is 2.00. The number of imide groups is 1. The highest BCUT2D eigenvalue weighted by atomic mass is 16.5. The van der Waals surface area contributed by atoms with Gasteiger partial charge in [-0.15, -0.1) is 0 Å². The van der Waals surface area contributed by atoms with Gasteiger partial charge >= 0.3 is 6.03 Å². The lowest BCUT2D eigenvalue weighted by Crippen LogP contribution is -2.38. The Morgan fingerprint density at radius 2 is 2.00 bits per heavy atom. The smallest absolute Gasteiger partial charge is 0.326 e. The first kappa shape index (κ1) is 14.0. The third kappa shape index (κ3) is 4.01. The van der Waals surface area contributed by atoms with Crippen molar-refractivity contribution < 1.29 is 19.5 Å². The number of ether oxygens (including phenoxy) is 1. The van der Waals surface area contributed by atoms with E-state index in [0.717, 1.165) is 0 Å². The van der Waals surface area contributed by atoms with E-state index in [1.165, 1.54) is 13.2 Å². The zero-order valence-corrected chi connectivity index (χ0v) is 9.88. The molecule has 19 heavy (non-hydrogen) atoms. The number of oxime groups is 1. The van der Waals surface area contributed by atoms with Crippen molar-refractivity contribution in [1.82, 2.24) is 5.32 Å². The molecule has 0 atom stereocenters. The summed E-state index contributed by atoms with van der Waals surface area (Å²) in [5.41, 5.74) is -0.393. The van der Waals surface area contributed by atoms with Crippen LogP contribution in [0.25, 0.3) is 0 Å². The lowest BCUT2D eigenvalue weighted by Gasteiger charge is -2.06. The number of hydrogen-bond donors (Lipinski definition) is 3. The Balaban J connectivity index is 2.60. The molecule has 0 heterocycles. The maximum atomic E-state index is 11.4. The van der Waals surface area contributed by atoms with E-state index in [1.54, 1.807) is 24.3 Å². The average molecular weight is 262 g/mol. The molecular formula is C11H10N4O4. The van der Waals surface area contributed by atoms with E-state index in [9.17, 15) is 9.59 Å². The SMILES string of the molecule is COc1ccc(NC(=O)NC(=O)C(C#N)=NO)cc1. The first-order valence-electron chi connectivity index (χ1n) is 4.99. The van der Waals surface area contributed by atoms with Crippen LogP contribution < -0.4 is 15.4 Å². The summed E-state index contributed by atoms with van der Waals surface area (Å²) in [5.74, 6) is -0.489. The number of benzene rings is 1. The molecule has 98 valence electrons. The van der Waals surface area contributed by atoms with Crippen LogP contribution in [0.2, 0.25) is 0 Å². The molecule has 0 aliphatic heterocycles. The van der Waals surface area contributed by atoms with Crippen molar-refractivity contribution in [2.24, 2.45) is 5.16 Å². The fourth-order valence-electron chi connectivity index (χ4n) is 1.12. The van der Waals surface area contributed by atoms with Gasteiger partial charge in [0, 0.05) is 5.69 Å². The van der Waals surface area contributed by atoms with Crippen LogP contribution in [-0.4, -0.2) is 30.0 Å². The van der Waals surface area contributed by atoms with Gasteiger partial charge in [0.2, 0.25) is 5.71 Å². The second kappa shape index (κ2) is 6.61. The van der Waals surface area contributed by atoms with Crippen LogP contribution in [0.5, 0.6) is 5.75 Å². The van der Waals surface area contributed by atoms with Gasteiger partial charge in [0.15, 0.2) is 0 Å². The molecule has 0 aliphatic carbocycles. The van der Waals surface area contributed by atoms with Gasteiger partial charge in [-0.05, 0) is 24.3 Å². The first-order chi connectivity index (χ1) is 9.10. The summed E-state index contributed by atoms with van der Waals surface area (Å²) in [7, 11) is 1.51. The molecule has 0 aromatic heterocycles. The molecule has 1 aromatic carbocycles. The fourth-order valence-corrected chi connectivity index (χ4v) is 1.12. The molecule has 0 bridgehead atoms. The molecule has 0 spiro atoms. The monoisotopic (exact) mass is 262 g/mol. The number of amides is 3. The number of urea groups is 1. The van der Waals surface area contributed by atoms with Crippen LogP contribution in [0.15, 0.2) is 29.4 Å². The molecule has 8 heteroatoms. The summed E-state index contributed by atoms with van der Waals surface area (Å²) in [6, 6.07) is 6.84. The van der Waals surface area contributed by atoms with Gasteiger partial charge in [-0.3, -0.25) is 10.1 Å². The summed E-state index contributed by atoms with van der Waals surface area (Å²) in [4.78, 5) is 22.6. The number of carbonyl (C=O) groups is 2. The maximum Gasteiger partial charge on any atom is 0.326 e. The number of methoxy groups -OCH3 is 1. The summed E-state index contributed by atoms with van der Waals surface area (Å²) >= 11 is 0. The van der Waals surface area contributed by atoms with E-state index in [0.29, 0.717) is 11.4 Å². The molecule has 1 aromatic rings. The quantitative estimate of drug-likeness (QED) is 0.420. The number of rotatable bonds is 3. The second-order valence-electron chi connectivity index (χ2n) is 3.20. The molecule has 0 radical (unpaired) electrons. The summed E-state index contributed by atoms with van der Waals surface area (Å²) < 4.78 is 4.94. The highest BCUT2D eigenvalue weighted by molar-refractivity contribution is 6.47. The predicted molar refractivity (Wildman–Crippen MR) is 65.0 cm³/mol. The van der Waals surface area contributed by atoms with Crippen LogP contribution in [0, 0.1) is 11.3 Å². The molecule has 0 unspecified atom stereocenters. The van der Waals surface area contributed by atoms with E-state index in [1.807, 2.05) is 5.32 Å². The van der Waals surface area contributed by atoms with Crippen molar-refractivity contribution in [3.05, 3.63) is 24.3 Å². The van der Waals surface area contributed by atoms with Gasteiger partial charge in [-0.1, -0.05) is 5.16 Å². The Hall–Kier alpha value is -3.08. The van der Waals surface area contributed by atoms with Gasteiger partial charge < -0.3 is 15.3 Å². The Labute approximate surface area is 108 Å². The molecular weight excluding hydrogens is 252 g/mol. The van der Waals surface area contributed by atoms with Crippen LogP contribution in [0.1, 0.15) is 0 Å². The number of carbonyl (C=O) groups excluding carboxylic acids is 2. The van der Waals surface area contributed by atoms with Gasteiger partial charge in [0.1, 0.15) is 11.8 Å². The van der Waals surface area contributed by atoms with Crippen molar-refractivity contribution in [3.63, 3.8) is 0 Å². The van der Waals surface area contributed by atoms with E-state index in [2.05, 4.69) is 10.5 Å². The normalized spacial score (nSPS) is 10.2. The first-order valence-corrected chi connectivity index (χ1v) is 4.99. The van der Waals surface area contributed by atoms with Crippen LogP contribution >= 0.6 is 0 Å². The Bertz CT molecular complexity index is 545. The zero-order valence-electron chi connectivity index (χ0n) is 9.88. The number of nitriles is 1. The van der Waals surface area contributed by atoms with Crippen molar-refractivity contribution in [3.8, 4) is 11.8 Å². The highest BCUT2D eigenvalue weighted by Crippen LogP contribution is 2.14. The van der Waals surface area contributed by atoms with E-state index in [4.69, 9.17) is 15.2 Å². The van der Waals surface area contributed by atoms with Gasteiger partial charge in [-0.2, -0.15) is 5.26 Å². The molecule has 0 fully saturated rings. The standard InChI is InChI=1S/C11H10N4O4/c1-19-8-4-2-7(3-5-8)13-11(17)14-10(16)9(6-12)15-18/h2-5,18H,1H3,(H2,13,14,16,17). The van der Waals surface area contributed by atoms with Crippen molar-refractivity contribution >= 4 is 23.3 Å². The lowest BCUT2D eigenvalue weighted by molar-refractivity contribution is -0.113. The van der Waals surface area contributed by atoms with E-state index in [-0.39, 0.29) is 0 Å². The molecule has 8 nitrogen and oxygen atoms in total. The zero-order chi connectivity index (χ0) is 14.3. The van der Waals surface area contributed by atoms with Gasteiger partial charge in [0.05, 0.1) is 7.11 Å². The Morgan fingerprint density at radius 1 is 1.37 bits per heavy atom. The van der Waals surface area contributed by atoms with Crippen LogP contribution in [0.4, 0.5) is 10.5 Å². The van der Waals surface area contributed by atoms with E-state index < -0.39 is 17.6 Å². The summed E-state index contributed by atoms with van der Waals surface area (Å²) in [6.07, 6.45) is 0. The highest BCUT2D eigenvalue weighted by Gasteiger charge is 2.14. The minimum Gasteiger partial charge on any atom is -0.497 e. The minimum atomic E-state index is -1.10.